The van der Waals surface area contributed by atoms with Gasteiger partial charge in [-0.25, -0.2) is 9.59 Å². The predicted octanol–water partition coefficient (Wildman–Crippen LogP) is 3.23. The van der Waals surface area contributed by atoms with Gasteiger partial charge >= 0.3 is 11.9 Å². The first-order chi connectivity index (χ1) is 13.8. The third-order valence-corrected chi connectivity index (χ3v) is 3.84. The van der Waals surface area contributed by atoms with Crippen molar-refractivity contribution in [3.63, 3.8) is 0 Å². The summed E-state index contributed by atoms with van der Waals surface area (Å²) in [6, 6.07) is 10.0. The van der Waals surface area contributed by atoms with Crippen LogP contribution in [-0.2, 0) is 19.1 Å². The predicted molar refractivity (Wildman–Crippen MR) is 105 cm³/mol. The first-order valence-electron chi connectivity index (χ1n) is 8.07. The number of anilines is 1. The van der Waals surface area contributed by atoms with E-state index in [1.807, 2.05) is 0 Å². The molecule has 0 saturated heterocycles. The van der Waals surface area contributed by atoms with Crippen LogP contribution in [0.15, 0.2) is 48.5 Å². The number of rotatable bonds is 7. The molecule has 0 atom stereocenters. The lowest BCUT2D eigenvalue weighted by atomic mass is 10.1. The number of hydrogen-bond acceptors (Lipinski definition) is 7. The number of methoxy groups -OCH3 is 1. The fourth-order valence-corrected chi connectivity index (χ4v) is 2.31. The third-order valence-electron chi connectivity index (χ3n) is 3.52. The Labute approximate surface area is 170 Å². The number of amides is 1. The Bertz CT molecular complexity index is 971. The maximum Gasteiger partial charge on any atom is 0.337 e. The van der Waals surface area contributed by atoms with E-state index in [1.54, 1.807) is 12.1 Å². The molecule has 0 aliphatic heterocycles. The molecule has 0 bridgehead atoms. The number of carbonyl (C=O) groups excluding carboxylic acids is 3. The standard InChI is InChI=1S/C19H15ClN2O7/c1-28-19(25)13-5-2-12(3-6-13)4-9-18(24)29-11-17(23)21-14-7-8-15(20)16(10-14)22(26)27/h2-10H,11H2,1H3,(H,21,23)/b9-4+. The minimum atomic E-state index is -0.765. The van der Waals surface area contributed by atoms with E-state index in [9.17, 15) is 24.5 Å². The molecule has 0 aromatic heterocycles. The van der Waals surface area contributed by atoms with Crippen LogP contribution in [0.3, 0.4) is 0 Å². The average molecular weight is 419 g/mol. The minimum absolute atomic E-state index is 0.0656. The smallest absolute Gasteiger partial charge is 0.337 e. The van der Waals surface area contributed by atoms with E-state index in [0.29, 0.717) is 11.1 Å². The van der Waals surface area contributed by atoms with Gasteiger partial charge in [0, 0.05) is 17.8 Å². The van der Waals surface area contributed by atoms with E-state index in [4.69, 9.17) is 16.3 Å². The molecular weight excluding hydrogens is 404 g/mol. The van der Waals surface area contributed by atoms with Crippen LogP contribution in [0.5, 0.6) is 0 Å². The van der Waals surface area contributed by atoms with Gasteiger partial charge in [0.15, 0.2) is 6.61 Å². The molecule has 2 aromatic carbocycles. The van der Waals surface area contributed by atoms with Crippen LogP contribution in [0.25, 0.3) is 6.08 Å². The Morgan fingerprint density at radius 3 is 2.48 bits per heavy atom. The molecular formula is C19H15ClN2O7. The first-order valence-corrected chi connectivity index (χ1v) is 8.45. The maximum atomic E-state index is 11.8. The van der Waals surface area contributed by atoms with Gasteiger partial charge in [0.2, 0.25) is 0 Å². The molecule has 2 rings (SSSR count). The SMILES string of the molecule is COC(=O)c1ccc(/C=C/C(=O)OCC(=O)Nc2ccc(Cl)c([N+](=O)[O-])c2)cc1. The number of nitrogens with zero attached hydrogens (tertiary/aromatic N) is 1. The molecule has 2 aromatic rings. The van der Waals surface area contributed by atoms with E-state index in [2.05, 4.69) is 10.1 Å². The van der Waals surface area contributed by atoms with Crippen molar-refractivity contribution in [2.24, 2.45) is 0 Å². The lowest BCUT2D eigenvalue weighted by Gasteiger charge is -2.06. The highest BCUT2D eigenvalue weighted by atomic mass is 35.5. The summed E-state index contributed by atoms with van der Waals surface area (Å²) in [4.78, 5) is 45.0. The summed E-state index contributed by atoms with van der Waals surface area (Å²) >= 11 is 5.69. The third kappa shape index (κ3) is 6.43. The van der Waals surface area contributed by atoms with Crippen molar-refractivity contribution < 1.29 is 28.8 Å². The molecule has 150 valence electrons. The Morgan fingerprint density at radius 1 is 1.17 bits per heavy atom. The molecule has 10 heteroatoms. The van der Waals surface area contributed by atoms with E-state index in [0.717, 1.165) is 12.1 Å². The number of benzene rings is 2. The molecule has 1 N–H and O–H groups in total. The van der Waals surface area contributed by atoms with Gasteiger partial charge in [-0.2, -0.15) is 0 Å². The Kier molecular flexibility index (Phi) is 7.44. The fraction of sp³-hybridized carbons (Fsp3) is 0.105. The average Bonchev–Trinajstić information content (AvgIpc) is 2.71. The lowest BCUT2D eigenvalue weighted by molar-refractivity contribution is -0.384. The van der Waals surface area contributed by atoms with Crippen LogP contribution in [0.2, 0.25) is 5.02 Å². The normalized spacial score (nSPS) is 10.4. The molecule has 0 radical (unpaired) electrons. The second-order valence-electron chi connectivity index (χ2n) is 5.53. The second kappa shape index (κ2) is 10.00. The molecule has 9 nitrogen and oxygen atoms in total. The second-order valence-corrected chi connectivity index (χ2v) is 5.93. The van der Waals surface area contributed by atoms with Crippen LogP contribution in [0.4, 0.5) is 11.4 Å². The number of hydrogen-bond donors (Lipinski definition) is 1. The van der Waals surface area contributed by atoms with E-state index in [1.165, 1.54) is 37.5 Å². The van der Waals surface area contributed by atoms with E-state index < -0.39 is 29.4 Å². The summed E-state index contributed by atoms with van der Waals surface area (Å²) in [6.07, 6.45) is 2.57. The molecule has 0 heterocycles. The largest absolute Gasteiger partial charge is 0.465 e. The summed E-state index contributed by atoms with van der Waals surface area (Å²) in [5.74, 6) is -1.91. The van der Waals surface area contributed by atoms with Crippen LogP contribution >= 0.6 is 11.6 Å². The fourth-order valence-electron chi connectivity index (χ4n) is 2.12. The van der Waals surface area contributed by atoms with Crippen LogP contribution < -0.4 is 5.32 Å². The zero-order valence-electron chi connectivity index (χ0n) is 15.1. The van der Waals surface area contributed by atoms with Crippen LogP contribution in [0, 0.1) is 10.1 Å². The number of nitro groups is 1. The van der Waals surface area contributed by atoms with Gasteiger partial charge in [0.1, 0.15) is 5.02 Å². The molecule has 29 heavy (non-hydrogen) atoms. The van der Waals surface area contributed by atoms with Crippen molar-refractivity contribution in [1.82, 2.24) is 0 Å². The highest BCUT2D eigenvalue weighted by molar-refractivity contribution is 6.32. The number of ether oxygens (including phenoxy) is 2. The van der Waals surface area contributed by atoms with Crippen molar-refractivity contribution in [2.75, 3.05) is 19.0 Å². The molecule has 0 fully saturated rings. The molecule has 0 saturated carbocycles. The van der Waals surface area contributed by atoms with Crippen LogP contribution in [-0.4, -0.2) is 36.5 Å². The maximum absolute atomic E-state index is 11.8. The summed E-state index contributed by atoms with van der Waals surface area (Å²) in [7, 11) is 1.27. The van der Waals surface area contributed by atoms with Gasteiger partial charge in [-0.1, -0.05) is 23.7 Å². The number of nitrogens with one attached hydrogen (secondary N) is 1. The number of halogens is 1. The number of carbonyl (C=O) groups is 3. The van der Waals surface area contributed by atoms with Gasteiger partial charge in [0.25, 0.3) is 11.6 Å². The number of esters is 2. The van der Waals surface area contributed by atoms with E-state index in [-0.39, 0.29) is 16.4 Å². The summed E-state index contributed by atoms with van der Waals surface area (Å²) in [6.45, 7) is -0.582. The van der Waals surface area contributed by atoms with E-state index >= 15 is 0 Å². The van der Waals surface area contributed by atoms with Crippen molar-refractivity contribution >= 4 is 46.9 Å². The van der Waals surface area contributed by atoms with Crippen LogP contribution in [0.1, 0.15) is 15.9 Å². The van der Waals surface area contributed by atoms with Gasteiger partial charge in [-0.05, 0) is 35.9 Å². The Balaban J connectivity index is 1.86. The zero-order valence-corrected chi connectivity index (χ0v) is 15.8. The highest BCUT2D eigenvalue weighted by Gasteiger charge is 2.14. The monoisotopic (exact) mass is 418 g/mol. The first kappa shape index (κ1) is 21.6. The highest BCUT2D eigenvalue weighted by Crippen LogP contribution is 2.27. The molecule has 0 aliphatic rings. The quantitative estimate of drug-likeness (QED) is 0.316. The van der Waals surface area contributed by atoms with Crippen molar-refractivity contribution in [3.05, 3.63) is 74.8 Å². The molecule has 0 unspecified atom stereocenters. The topological polar surface area (TPSA) is 125 Å². The summed E-state index contributed by atoms with van der Waals surface area (Å²) in [5, 5.41) is 13.1. The Morgan fingerprint density at radius 2 is 1.86 bits per heavy atom. The summed E-state index contributed by atoms with van der Waals surface area (Å²) in [5.41, 5.74) is 0.782. The summed E-state index contributed by atoms with van der Waals surface area (Å²) < 4.78 is 9.39. The minimum Gasteiger partial charge on any atom is -0.465 e. The van der Waals surface area contributed by atoms with Gasteiger partial charge in [-0.15, -0.1) is 0 Å². The molecule has 1 amide bonds. The van der Waals surface area contributed by atoms with Gasteiger partial charge < -0.3 is 14.8 Å². The van der Waals surface area contributed by atoms with Crippen molar-refractivity contribution in [2.45, 2.75) is 0 Å². The zero-order chi connectivity index (χ0) is 21.4. The molecule has 0 aliphatic carbocycles. The van der Waals surface area contributed by atoms with Crippen molar-refractivity contribution in [3.8, 4) is 0 Å². The number of nitro benzene ring substituents is 1. The van der Waals surface area contributed by atoms with Gasteiger partial charge in [-0.3, -0.25) is 14.9 Å². The molecule has 0 spiro atoms. The lowest BCUT2D eigenvalue weighted by Crippen LogP contribution is -2.20. The van der Waals surface area contributed by atoms with Crippen molar-refractivity contribution in [1.29, 1.82) is 0 Å². The van der Waals surface area contributed by atoms with Gasteiger partial charge in [0.05, 0.1) is 17.6 Å². The Hall–Kier alpha value is -3.72.